The number of hydrogen-bond donors (Lipinski definition) is 1. The summed E-state index contributed by atoms with van der Waals surface area (Å²) in [6.45, 7) is 5.00. The molecule has 1 aliphatic rings. The van der Waals surface area contributed by atoms with Crippen LogP contribution in [0, 0.1) is 0 Å². The number of nitrogens with one attached hydrogen (secondary N) is 1. The first-order valence-corrected chi connectivity index (χ1v) is 10.2. The molecule has 1 fully saturated rings. The molecule has 3 rings (SSSR count). The Hall–Kier alpha value is -3.02. The number of pyridine rings is 1. The summed E-state index contributed by atoms with van der Waals surface area (Å²) >= 11 is 0. The van der Waals surface area contributed by atoms with Gasteiger partial charge in [0.25, 0.3) is 0 Å². The predicted octanol–water partition coefficient (Wildman–Crippen LogP) is 3.81. The molecule has 154 valence electrons. The summed E-state index contributed by atoms with van der Waals surface area (Å²) in [5.74, 6) is 2.17. The molecule has 1 saturated heterocycles. The molecule has 0 unspecified atom stereocenters. The fourth-order valence-electron chi connectivity index (χ4n) is 3.43. The molecule has 1 aromatic heterocycles. The molecule has 6 heteroatoms. The summed E-state index contributed by atoms with van der Waals surface area (Å²) in [6.07, 6.45) is 8.77. The Morgan fingerprint density at radius 2 is 2.03 bits per heavy atom. The highest BCUT2D eigenvalue weighted by atomic mass is 16.5. The van der Waals surface area contributed by atoms with Crippen molar-refractivity contribution < 1.29 is 14.3 Å². The summed E-state index contributed by atoms with van der Waals surface area (Å²) in [5.41, 5.74) is 1.91. The van der Waals surface area contributed by atoms with E-state index in [1.165, 1.54) is 25.3 Å². The number of hydrogen-bond acceptors (Lipinski definition) is 5. The van der Waals surface area contributed by atoms with Crippen LogP contribution in [-0.4, -0.2) is 37.7 Å². The van der Waals surface area contributed by atoms with Gasteiger partial charge in [-0.25, -0.2) is 4.98 Å². The van der Waals surface area contributed by atoms with Crippen LogP contribution in [0.1, 0.15) is 37.3 Å². The van der Waals surface area contributed by atoms with E-state index < -0.39 is 0 Å². The molecule has 0 bridgehead atoms. The van der Waals surface area contributed by atoms with Gasteiger partial charge >= 0.3 is 0 Å². The van der Waals surface area contributed by atoms with Crippen LogP contribution in [-0.2, 0) is 11.3 Å². The largest absolute Gasteiger partial charge is 0.493 e. The summed E-state index contributed by atoms with van der Waals surface area (Å²) < 4.78 is 10.9. The lowest BCUT2D eigenvalue weighted by atomic mass is 10.1. The monoisotopic (exact) mass is 395 g/mol. The number of benzene rings is 1. The highest BCUT2D eigenvalue weighted by Crippen LogP contribution is 2.28. The second-order valence-corrected chi connectivity index (χ2v) is 6.93. The van der Waals surface area contributed by atoms with Crippen LogP contribution in [0.5, 0.6) is 11.5 Å². The van der Waals surface area contributed by atoms with Crippen molar-refractivity contribution in [1.29, 1.82) is 0 Å². The first kappa shape index (κ1) is 20.7. The maximum absolute atomic E-state index is 12.3. The van der Waals surface area contributed by atoms with Gasteiger partial charge in [-0.1, -0.05) is 12.1 Å². The van der Waals surface area contributed by atoms with Gasteiger partial charge in [-0.3, -0.25) is 4.79 Å². The number of piperidine rings is 1. The number of carbonyl (C=O) groups excluding carboxylic acids is 1. The van der Waals surface area contributed by atoms with Crippen LogP contribution in [0.3, 0.4) is 0 Å². The van der Waals surface area contributed by atoms with E-state index in [-0.39, 0.29) is 5.91 Å². The Bertz CT molecular complexity index is 845. The average molecular weight is 396 g/mol. The molecule has 0 aliphatic carbocycles. The molecule has 1 aromatic carbocycles. The van der Waals surface area contributed by atoms with E-state index in [4.69, 9.17) is 9.47 Å². The molecular weight excluding hydrogens is 366 g/mol. The zero-order chi connectivity index (χ0) is 20.5. The van der Waals surface area contributed by atoms with Gasteiger partial charge in [0, 0.05) is 37.5 Å². The normalized spacial score (nSPS) is 14.1. The zero-order valence-corrected chi connectivity index (χ0v) is 17.2. The van der Waals surface area contributed by atoms with Gasteiger partial charge in [-0.2, -0.15) is 0 Å². The number of anilines is 1. The number of amides is 1. The second kappa shape index (κ2) is 10.5. The van der Waals surface area contributed by atoms with E-state index in [0.29, 0.717) is 24.7 Å². The van der Waals surface area contributed by atoms with Gasteiger partial charge < -0.3 is 19.7 Å². The highest BCUT2D eigenvalue weighted by molar-refractivity contribution is 5.91. The molecule has 2 aromatic rings. The topological polar surface area (TPSA) is 63.7 Å². The molecule has 1 aliphatic heterocycles. The van der Waals surface area contributed by atoms with Gasteiger partial charge in [0.1, 0.15) is 5.82 Å². The Morgan fingerprint density at radius 3 is 2.79 bits per heavy atom. The highest BCUT2D eigenvalue weighted by Gasteiger charge is 2.15. The minimum atomic E-state index is -0.147. The van der Waals surface area contributed by atoms with E-state index >= 15 is 0 Å². The lowest BCUT2D eigenvalue weighted by molar-refractivity contribution is -0.116. The van der Waals surface area contributed by atoms with E-state index in [9.17, 15) is 4.79 Å². The van der Waals surface area contributed by atoms with Crippen molar-refractivity contribution in [3.8, 4) is 11.5 Å². The molecule has 6 nitrogen and oxygen atoms in total. The minimum absolute atomic E-state index is 0.147. The van der Waals surface area contributed by atoms with Crippen molar-refractivity contribution in [3.63, 3.8) is 0 Å². The standard InChI is InChI=1S/C23H29N3O3/c1-3-29-20-11-9-18(16-21(20)28-2)10-12-22(27)25-17-19-8-7-13-24-23(19)26-14-5-4-6-15-26/h7-13,16H,3-6,14-15,17H2,1-2H3,(H,25,27)/b12-10+. The first-order chi connectivity index (χ1) is 14.2. The van der Waals surface area contributed by atoms with Crippen molar-refractivity contribution in [2.45, 2.75) is 32.7 Å². The smallest absolute Gasteiger partial charge is 0.244 e. The second-order valence-electron chi connectivity index (χ2n) is 6.93. The molecule has 0 atom stereocenters. The van der Waals surface area contributed by atoms with Crippen molar-refractivity contribution >= 4 is 17.8 Å². The SMILES string of the molecule is CCOc1ccc(/C=C/C(=O)NCc2cccnc2N2CCCCC2)cc1OC. The fourth-order valence-corrected chi connectivity index (χ4v) is 3.43. The Balaban J connectivity index is 1.60. The molecule has 0 spiro atoms. The van der Waals surface area contributed by atoms with Crippen LogP contribution < -0.4 is 19.7 Å². The van der Waals surface area contributed by atoms with Crippen LogP contribution in [0.4, 0.5) is 5.82 Å². The lowest BCUT2D eigenvalue weighted by Gasteiger charge is -2.29. The Kier molecular flexibility index (Phi) is 7.50. The summed E-state index contributed by atoms with van der Waals surface area (Å²) in [7, 11) is 1.60. The first-order valence-electron chi connectivity index (χ1n) is 10.2. The molecule has 0 radical (unpaired) electrons. The molecule has 1 amide bonds. The van der Waals surface area contributed by atoms with Crippen LogP contribution >= 0.6 is 0 Å². The molecule has 0 saturated carbocycles. The van der Waals surface area contributed by atoms with Crippen LogP contribution in [0.25, 0.3) is 6.08 Å². The average Bonchev–Trinajstić information content (AvgIpc) is 2.78. The Morgan fingerprint density at radius 1 is 1.21 bits per heavy atom. The predicted molar refractivity (Wildman–Crippen MR) is 115 cm³/mol. The number of aromatic nitrogens is 1. The van der Waals surface area contributed by atoms with Crippen molar-refractivity contribution in [1.82, 2.24) is 10.3 Å². The van der Waals surface area contributed by atoms with E-state index in [2.05, 4.69) is 15.2 Å². The van der Waals surface area contributed by atoms with E-state index in [0.717, 1.165) is 30.0 Å². The molecule has 29 heavy (non-hydrogen) atoms. The minimum Gasteiger partial charge on any atom is -0.493 e. The van der Waals surface area contributed by atoms with Gasteiger partial charge in [0.15, 0.2) is 11.5 Å². The van der Waals surface area contributed by atoms with Crippen LogP contribution in [0.2, 0.25) is 0 Å². The zero-order valence-electron chi connectivity index (χ0n) is 17.2. The van der Waals surface area contributed by atoms with E-state index in [1.807, 2.05) is 43.5 Å². The third-order valence-corrected chi connectivity index (χ3v) is 4.89. The third-order valence-electron chi connectivity index (χ3n) is 4.89. The Labute approximate surface area is 172 Å². The quantitative estimate of drug-likeness (QED) is 0.689. The number of nitrogens with zero attached hydrogens (tertiary/aromatic N) is 2. The number of rotatable bonds is 8. The van der Waals surface area contributed by atoms with Crippen molar-refractivity contribution in [2.24, 2.45) is 0 Å². The van der Waals surface area contributed by atoms with Gasteiger partial charge in [-0.05, 0) is 56.0 Å². The van der Waals surface area contributed by atoms with Crippen LogP contribution in [0.15, 0.2) is 42.6 Å². The number of methoxy groups -OCH3 is 1. The number of ether oxygens (including phenoxy) is 2. The summed E-state index contributed by atoms with van der Waals surface area (Å²) in [4.78, 5) is 19.2. The van der Waals surface area contributed by atoms with Crippen molar-refractivity contribution in [3.05, 3.63) is 53.7 Å². The summed E-state index contributed by atoms with van der Waals surface area (Å²) in [6, 6.07) is 9.53. The van der Waals surface area contributed by atoms with Gasteiger partial charge in [0.05, 0.1) is 13.7 Å². The van der Waals surface area contributed by atoms with Gasteiger partial charge in [0.2, 0.25) is 5.91 Å². The molecule has 1 N–H and O–H groups in total. The van der Waals surface area contributed by atoms with Crippen molar-refractivity contribution in [2.75, 3.05) is 31.7 Å². The lowest BCUT2D eigenvalue weighted by Crippen LogP contribution is -2.32. The third kappa shape index (κ3) is 5.73. The van der Waals surface area contributed by atoms with E-state index in [1.54, 1.807) is 13.2 Å². The maximum Gasteiger partial charge on any atom is 0.244 e. The van der Waals surface area contributed by atoms with Gasteiger partial charge in [-0.15, -0.1) is 0 Å². The summed E-state index contributed by atoms with van der Waals surface area (Å²) in [5, 5.41) is 2.96. The molecule has 2 heterocycles. The maximum atomic E-state index is 12.3. The fraction of sp³-hybridized carbons (Fsp3) is 0.391. The number of carbonyl (C=O) groups is 1. The molecular formula is C23H29N3O3.